The van der Waals surface area contributed by atoms with E-state index in [2.05, 4.69) is 16.8 Å². The Bertz CT molecular complexity index is 378. The van der Waals surface area contributed by atoms with Gasteiger partial charge in [0.05, 0.1) is 5.01 Å². The Kier molecular flexibility index (Phi) is 5.83. The lowest BCUT2D eigenvalue weighted by Crippen LogP contribution is -2.32. The molecule has 1 aromatic heterocycles. The van der Waals surface area contributed by atoms with Gasteiger partial charge in [-0.05, 0) is 25.2 Å². The van der Waals surface area contributed by atoms with Crippen LogP contribution in [0.1, 0.15) is 50.5 Å². The van der Waals surface area contributed by atoms with E-state index < -0.39 is 0 Å². The van der Waals surface area contributed by atoms with Crippen LogP contribution in [0, 0.1) is 5.92 Å². The van der Waals surface area contributed by atoms with Crippen LogP contribution >= 0.6 is 11.3 Å². The fourth-order valence-electron chi connectivity index (χ4n) is 2.86. The van der Waals surface area contributed by atoms with Gasteiger partial charge < -0.3 is 4.90 Å². The van der Waals surface area contributed by atoms with Gasteiger partial charge in [0.15, 0.2) is 0 Å². The zero-order valence-electron chi connectivity index (χ0n) is 11.8. The number of hydrogen-bond donors (Lipinski definition) is 0. The summed E-state index contributed by atoms with van der Waals surface area (Å²) in [6.45, 7) is 4.17. The van der Waals surface area contributed by atoms with Crippen LogP contribution in [-0.2, 0) is 11.2 Å². The molecule has 106 valence electrons. The van der Waals surface area contributed by atoms with Crippen LogP contribution in [-0.4, -0.2) is 28.9 Å². The Morgan fingerprint density at radius 3 is 3.11 bits per heavy atom. The molecule has 1 saturated heterocycles. The van der Waals surface area contributed by atoms with Gasteiger partial charge in [-0.25, -0.2) is 4.98 Å². The first-order chi connectivity index (χ1) is 9.29. The molecule has 3 nitrogen and oxygen atoms in total. The van der Waals surface area contributed by atoms with Crippen molar-refractivity contribution in [2.24, 2.45) is 5.92 Å². The third-order valence-corrected chi connectivity index (χ3v) is 4.77. The standard InChI is InChI=1S/C15H24N2OS/c1-2-4-13-5-3-10-17(11-8-13)15(18)7-6-14-16-9-12-19-14/h9,12-13H,2-8,10-11H2,1H3. The van der Waals surface area contributed by atoms with E-state index in [1.54, 1.807) is 11.3 Å². The Labute approximate surface area is 120 Å². The third kappa shape index (κ3) is 4.60. The number of nitrogens with zero attached hydrogens (tertiary/aromatic N) is 2. The summed E-state index contributed by atoms with van der Waals surface area (Å²) in [7, 11) is 0. The minimum Gasteiger partial charge on any atom is -0.343 e. The average molecular weight is 280 g/mol. The molecule has 1 atom stereocenters. The summed E-state index contributed by atoms with van der Waals surface area (Å²) in [6.07, 6.45) is 9.47. The van der Waals surface area contributed by atoms with Crippen molar-refractivity contribution in [3.05, 3.63) is 16.6 Å². The number of hydrogen-bond acceptors (Lipinski definition) is 3. The lowest BCUT2D eigenvalue weighted by molar-refractivity contribution is -0.131. The quantitative estimate of drug-likeness (QED) is 0.827. The van der Waals surface area contributed by atoms with Crippen molar-refractivity contribution < 1.29 is 4.79 Å². The van der Waals surface area contributed by atoms with Gasteiger partial charge in [-0.15, -0.1) is 11.3 Å². The largest absolute Gasteiger partial charge is 0.343 e. The number of thiazole rings is 1. The molecule has 0 spiro atoms. The molecule has 0 saturated carbocycles. The van der Waals surface area contributed by atoms with E-state index in [9.17, 15) is 4.79 Å². The normalized spacial score (nSPS) is 20.3. The zero-order valence-corrected chi connectivity index (χ0v) is 12.6. The van der Waals surface area contributed by atoms with Crippen LogP contribution in [0.15, 0.2) is 11.6 Å². The summed E-state index contributed by atoms with van der Waals surface area (Å²) in [5.41, 5.74) is 0. The average Bonchev–Trinajstić information content (AvgIpc) is 2.82. The number of amides is 1. The Morgan fingerprint density at radius 1 is 1.47 bits per heavy atom. The Balaban J connectivity index is 1.76. The number of likely N-dealkylation sites (tertiary alicyclic amines) is 1. The number of carbonyl (C=O) groups excluding carboxylic acids is 1. The number of rotatable bonds is 5. The van der Waals surface area contributed by atoms with Crippen molar-refractivity contribution in [3.8, 4) is 0 Å². The Morgan fingerprint density at radius 2 is 2.37 bits per heavy atom. The summed E-state index contributed by atoms with van der Waals surface area (Å²) in [5, 5.41) is 3.05. The highest BCUT2D eigenvalue weighted by Crippen LogP contribution is 2.22. The van der Waals surface area contributed by atoms with Gasteiger partial charge in [-0.2, -0.15) is 0 Å². The topological polar surface area (TPSA) is 33.2 Å². The van der Waals surface area contributed by atoms with Gasteiger partial charge in [-0.1, -0.05) is 19.8 Å². The molecule has 4 heteroatoms. The van der Waals surface area contributed by atoms with Gasteiger partial charge >= 0.3 is 0 Å². The molecule has 0 aromatic carbocycles. The third-order valence-electron chi connectivity index (χ3n) is 3.93. The predicted octanol–water partition coefficient (Wildman–Crippen LogP) is 3.50. The molecule has 1 amide bonds. The summed E-state index contributed by atoms with van der Waals surface area (Å²) in [4.78, 5) is 18.5. The molecule has 1 aromatic rings. The lowest BCUT2D eigenvalue weighted by Gasteiger charge is -2.20. The van der Waals surface area contributed by atoms with Crippen LogP contribution < -0.4 is 0 Å². The highest BCUT2D eigenvalue weighted by atomic mass is 32.1. The van der Waals surface area contributed by atoms with Gasteiger partial charge in [0, 0.05) is 37.5 Å². The molecule has 0 N–H and O–H groups in total. The van der Waals surface area contributed by atoms with Crippen LogP contribution in [0.25, 0.3) is 0 Å². The van der Waals surface area contributed by atoms with Crippen LogP contribution in [0.3, 0.4) is 0 Å². The van der Waals surface area contributed by atoms with Crippen molar-refractivity contribution in [3.63, 3.8) is 0 Å². The second-order valence-corrected chi connectivity index (χ2v) is 6.37. The maximum absolute atomic E-state index is 12.2. The SMILES string of the molecule is CCCC1CCCN(C(=O)CCc2nccs2)CC1. The minimum absolute atomic E-state index is 0.312. The van der Waals surface area contributed by atoms with Crippen LogP contribution in [0.2, 0.25) is 0 Å². The molecule has 0 radical (unpaired) electrons. The molecular formula is C15H24N2OS. The number of carbonyl (C=O) groups is 1. The first-order valence-corrected chi connectivity index (χ1v) is 8.33. The van der Waals surface area contributed by atoms with Crippen LogP contribution in [0.4, 0.5) is 0 Å². The number of aromatic nitrogens is 1. The summed E-state index contributed by atoms with van der Waals surface area (Å²) >= 11 is 1.64. The molecular weight excluding hydrogens is 256 g/mol. The van der Waals surface area contributed by atoms with Crippen molar-refractivity contribution in [2.75, 3.05) is 13.1 Å². The second-order valence-electron chi connectivity index (χ2n) is 5.39. The highest BCUT2D eigenvalue weighted by Gasteiger charge is 2.20. The van der Waals surface area contributed by atoms with Crippen LogP contribution in [0.5, 0.6) is 0 Å². The molecule has 1 unspecified atom stereocenters. The first kappa shape index (κ1) is 14.5. The lowest BCUT2D eigenvalue weighted by atomic mass is 9.96. The molecule has 1 fully saturated rings. The van der Waals surface area contributed by atoms with Crippen molar-refractivity contribution in [1.29, 1.82) is 0 Å². The zero-order chi connectivity index (χ0) is 13.5. The van der Waals surface area contributed by atoms with Gasteiger partial charge in [-0.3, -0.25) is 4.79 Å². The summed E-state index contributed by atoms with van der Waals surface area (Å²) in [6, 6.07) is 0. The van der Waals surface area contributed by atoms with Crippen molar-refractivity contribution in [2.45, 2.75) is 51.9 Å². The fourth-order valence-corrected chi connectivity index (χ4v) is 3.48. The van der Waals surface area contributed by atoms with Gasteiger partial charge in [0.1, 0.15) is 0 Å². The number of aryl methyl sites for hydroxylation is 1. The molecule has 2 heterocycles. The maximum atomic E-state index is 12.2. The van der Waals surface area contributed by atoms with Crippen molar-refractivity contribution >= 4 is 17.2 Å². The van der Waals surface area contributed by atoms with Gasteiger partial charge in [0.2, 0.25) is 5.91 Å². The van der Waals surface area contributed by atoms with E-state index in [1.807, 2.05) is 11.6 Å². The molecule has 0 aliphatic carbocycles. The monoisotopic (exact) mass is 280 g/mol. The molecule has 1 aliphatic rings. The molecule has 2 rings (SSSR count). The maximum Gasteiger partial charge on any atom is 0.222 e. The van der Waals surface area contributed by atoms with E-state index in [-0.39, 0.29) is 0 Å². The molecule has 1 aliphatic heterocycles. The second kappa shape index (κ2) is 7.63. The van der Waals surface area contributed by atoms with E-state index >= 15 is 0 Å². The smallest absolute Gasteiger partial charge is 0.222 e. The van der Waals surface area contributed by atoms with E-state index in [4.69, 9.17) is 0 Å². The minimum atomic E-state index is 0.312. The van der Waals surface area contributed by atoms with E-state index in [1.165, 1.54) is 32.1 Å². The molecule has 19 heavy (non-hydrogen) atoms. The Hall–Kier alpha value is -0.900. The summed E-state index contributed by atoms with van der Waals surface area (Å²) in [5.74, 6) is 1.15. The van der Waals surface area contributed by atoms with E-state index in [0.29, 0.717) is 12.3 Å². The fraction of sp³-hybridized carbons (Fsp3) is 0.733. The summed E-state index contributed by atoms with van der Waals surface area (Å²) < 4.78 is 0. The van der Waals surface area contributed by atoms with Gasteiger partial charge in [0.25, 0.3) is 0 Å². The van der Waals surface area contributed by atoms with Crippen molar-refractivity contribution in [1.82, 2.24) is 9.88 Å². The molecule has 0 bridgehead atoms. The highest BCUT2D eigenvalue weighted by molar-refractivity contribution is 7.09. The predicted molar refractivity (Wildman–Crippen MR) is 79.3 cm³/mol. The first-order valence-electron chi connectivity index (χ1n) is 7.45. The van der Waals surface area contributed by atoms with E-state index in [0.717, 1.165) is 30.4 Å².